The van der Waals surface area contributed by atoms with Crippen molar-refractivity contribution in [3.8, 4) is 0 Å². The quantitative estimate of drug-likeness (QED) is 0.793. The molecule has 1 unspecified atom stereocenters. The summed E-state index contributed by atoms with van der Waals surface area (Å²) in [6.45, 7) is 8.84. The van der Waals surface area contributed by atoms with Gasteiger partial charge in [0, 0.05) is 0 Å². The van der Waals surface area contributed by atoms with Crippen LogP contribution in [0.3, 0.4) is 0 Å². The van der Waals surface area contributed by atoms with Crippen molar-refractivity contribution in [1.82, 2.24) is 0 Å². The van der Waals surface area contributed by atoms with Crippen LogP contribution in [0.2, 0.25) is 19.6 Å². The van der Waals surface area contributed by atoms with Crippen molar-refractivity contribution in [2.75, 3.05) is 0 Å². The first-order chi connectivity index (χ1) is 7.36. The molecule has 0 saturated heterocycles. The Morgan fingerprint density at radius 2 is 1.69 bits per heavy atom. The third kappa shape index (κ3) is 1.47. The number of benzene rings is 1. The second-order valence-electron chi connectivity index (χ2n) is 5.43. The molecular formula is C13H18O2Si. The fourth-order valence-electron chi connectivity index (χ4n) is 1.98. The van der Waals surface area contributed by atoms with Crippen molar-refractivity contribution in [3.63, 3.8) is 0 Å². The molecule has 16 heavy (non-hydrogen) atoms. The van der Waals surface area contributed by atoms with Crippen LogP contribution in [-0.4, -0.2) is 18.4 Å². The zero-order valence-electron chi connectivity index (χ0n) is 10.2. The van der Waals surface area contributed by atoms with E-state index < -0.39 is 8.07 Å². The molecule has 1 heterocycles. The number of rotatable bonds is 2. The molecule has 0 aromatic heterocycles. The Bertz CT molecular complexity index is 431. The largest absolute Gasteiger partial charge is 0.481 e. The lowest BCUT2D eigenvalue weighted by Crippen LogP contribution is -2.57. The van der Waals surface area contributed by atoms with Gasteiger partial charge in [0.2, 0.25) is 0 Å². The number of aliphatic hydroxyl groups is 1. The summed E-state index contributed by atoms with van der Waals surface area (Å²) in [6, 6.07) is 9.99. The highest BCUT2D eigenvalue weighted by molar-refractivity contribution is 6.81. The van der Waals surface area contributed by atoms with E-state index >= 15 is 0 Å². The van der Waals surface area contributed by atoms with Gasteiger partial charge >= 0.3 is 0 Å². The van der Waals surface area contributed by atoms with Crippen molar-refractivity contribution in [2.24, 2.45) is 0 Å². The van der Waals surface area contributed by atoms with Crippen LogP contribution < -0.4 is 0 Å². The normalized spacial score (nSPS) is 25.0. The van der Waals surface area contributed by atoms with E-state index in [0.29, 0.717) is 0 Å². The molecule has 0 fully saturated rings. The molecule has 0 saturated carbocycles. The van der Waals surface area contributed by atoms with Crippen molar-refractivity contribution in [1.29, 1.82) is 0 Å². The molecule has 0 radical (unpaired) electrons. The van der Waals surface area contributed by atoms with E-state index in [2.05, 4.69) is 26.6 Å². The number of hydrogen-bond donors (Lipinski definition) is 1. The molecular weight excluding hydrogens is 216 g/mol. The van der Waals surface area contributed by atoms with Gasteiger partial charge in [-0.15, -0.1) is 0 Å². The molecule has 0 spiro atoms. The van der Waals surface area contributed by atoms with Crippen LogP contribution in [-0.2, 0) is 4.74 Å². The van der Waals surface area contributed by atoms with Crippen LogP contribution in [0.15, 0.2) is 36.3 Å². The maximum Gasteiger partial charge on any atom is 0.284 e. The summed E-state index contributed by atoms with van der Waals surface area (Å²) in [5, 5.41) is 9.46. The predicted molar refractivity (Wildman–Crippen MR) is 68.8 cm³/mol. The van der Waals surface area contributed by atoms with E-state index in [1.54, 1.807) is 0 Å². The Hall–Kier alpha value is -1.22. The van der Waals surface area contributed by atoms with E-state index in [1.165, 1.54) is 0 Å². The van der Waals surface area contributed by atoms with Gasteiger partial charge in [0.1, 0.15) is 13.3 Å². The monoisotopic (exact) mass is 234 g/mol. The summed E-state index contributed by atoms with van der Waals surface area (Å²) in [5.41, 5.74) is 2.03. The zero-order chi connectivity index (χ0) is 12.0. The minimum Gasteiger partial charge on any atom is -0.481 e. The van der Waals surface area contributed by atoms with Crippen molar-refractivity contribution >= 4 is 13.6 Å². The first-order valence-corrected chi connectivity index (χ1v) is 9.04. The highest BCUT2D eigenvalue weighted by Gasteiger charge is 2.54. The average Bonchev–Trinajstić information content (AvgIpc) is 2.16. The van der Waals surface area contributed by atoms with Gasteiger partial charge in [0.15, 0.2) is 0 Å². The summed E-state index contributed by atoms with van der Waals surface area (Å²) < 4.78 is 5.55. The van der Waals surface area contributed by atoms with Crippen LogP contribution in [0.4, 0.5) is 0 Å². The van der Waals surface area contributed by atoms with Crippen LogP contribution >= 0.6 is 0 Å². The van der Waals surface area contributed by atoms with E-state index in [-0.39, 0.29) is 11.2 Å². The van der Waals surface area contributed by atoms with Gasteiger partial charge in [-0.05, 0) is 12.5 Å². The lowest BCUT2D eigenvalue weighted by atomic mass is 9.98. The van der Waals surface area contributed by atoms with Gasteiger partial charge in [-0.25, -0.2) is 0 Å². The third-order valence-corrected chi connectivity index (χ3v) is 6.70. The maximum atomic E-state index is 9.74. The van der Waals surface area contributed by atoms with Gasteiger partial charge in [0.05, 0.1) is 5.57 Å². The van der Waals surface area contributed by atoms with E-state index in [9.17, 15) is 5.11 Å². The first kappa shape index (κ1) is 11.3. The fraction of sp³-hybridized carbons (Fsp3) is 0.385. The minimum absolute atomic E-state index is 0.0936. The summed E-state index contributed by atoms with van der Waals surface area (Å²) in [7, 11) is -1.53. The number of hydrogen-bond acceptors (Lipinski definition) is 2. The SMILES string of the molecule is CC1([Si](C)(C)C)OC(O)=C1c1ccccc1. The molecule has 1 aromatic rings. The highest BCUT2D eigenvalue weighted by Crippen LogP contribution is 2.48. The van der Waals surface area contributed by atoms with E-state index in [1.807, 2.05) is 30.3 Å². The van der Waals surface area contributed by atoms with Gasteiger partial charge in [-0.3, -0.25) is 0 Å². The number of aliphatic hydroxyl groups excluding tert-OH is 1. The molecule has 1 N–H and O–H groups in total. The van der Waals surface area contributed by atoms with Crippen molar-refractivity contribution in [3.05, 3.63) is 41.8 Å². The van der Waals surface area contributed by atoms with Crippen LogP contribution in [0, 0.1) is 0 Å². The second-order valence-corrected chi connectivity index (χ2v) is 10.9. The summed E-state index contributed by atoms with van der Waals surface area (Å²) >= 11 is 0. The Kier molecular flexibility index (Phi) is 2.38. The van der Waals surface area contributed by atoms with E-state index in [4.69, 9.17) is 4.74 Å². The molecule has 1 aliphatic rings. The Morgan fingerprint density at radius 3 is 2.12 bits per heavy atom. The highest BCUT2D eigenvalue weighted by atomic mass is 28.3. The van der Waals surface area contributed by atoms with Gasteiger partial charge in [-0.1, -0.05) is 50.0 Å². The molecule has 0 amide bonds. The molecule has 0 aliphatic carbocycles. The molecule has 2 rings (SSSR count). The first-order valence-electron chi connectivity index (χ1n) is 5.54. The summed E-state index contributed by atoms with van der Waals surface area (Å²) in [5.74, 6) is 0.0936. The topological polar surface area (TPSA) is 29.5 Å². The Morgan fingerprint density at radius 1 is 1.12 bits per heavy atom. The molecule has 2 nitrogen and oxygen atoms in total. The number of ether oxygens (including phenoxy) is 1. The van der Waals surface area contributed by atoms with Crippen molar-refractivity contribution in [2.45, 2.75) is 31.8 Å². The van der Waals surface area contributed by atoms with Gasteiger partial charge < -0.3 is 9.84 Å². The third-order valence-electron chi connectivity index (χ3n) is 3.49. The van der Waals surface area contributed by atoms with Crippen molar-refractivity contribution < 1.29 is 9.84 Å². The summed E-state index contributed by atoms with van der Waals surface area (Å²) in [6.07, 6.45) is 0. The molecule has 3 heteroatoms. The molecule has 1 aliphatic heterocycles. The molecule has 86 valence electrons. The lowest BCUT2D eigenvalue weighted by molar-refractivity contribution is -0.00234. The zero-order valence-corrected chi connectivity index (χ0v) is 11.2. The second kappa shape index (κ2) is 3.38. The smallest absolute Gasteiger partial charge is 0.284 e. The average molecular weight is 234 g/mol. The lowest BCUT2D eigenvalue weighted by Gasteiger charge is -2.48. The van der Waals surface area contributed by atoms with Crippen LogP contribution in [0.1, 0.15) is 12.5 Å². The molecule has 1 atom stereocenters. The predicted octanol–water partition coefficient (Wildman–Crippen LogP) is 3.58. The Labute approximate surface area is 97.6 Å². The Balaban J connectivity index is 2.46. The van der Waals surface area contributed by atoms with E-state index in [0.717, 1.165) is 11.1 Å². The van der Waals surface area contributed by atoms with Crippen LogP contribution in [0.25, 0.3) is 5.57 Å². The van der Waals surface area contributed by atoms with Crippen LogP contribution in [0.5, 0.6) is 0 Å². The molecule has 1 aromatic carbocycles. The molecule has 0 bridgehead atoms. The minimum atomic E-state index is -1.53. The summed E-state index contributed by atoms with van der Waals surface area (Å²) in [4.78, 5) is 0. The van der Waals surface area contributed by atoms with Gasteiger partial charge in [0.25, 0.3) is 5.95 Å². The maximum absolute atomic E-state index is 9.74. The van der Waals surface area contributed by atoms with Gasteiger partial charge in [-0.2, -0.15) is 0 Å². The fourth-order valence-corrected chi connectivity index (χ4v) is 3.39. The standard InChI is InChI=1S/C13H18O2Si/c1-13(16(2,3)4)11(12(14)15-13)10-8-6-5-7-9-10/h5-9,14H,1-4H3.